The Kier molecular flexibility index (Phi) is 6.60. The minimum atomic E-state index is 0.525. The zero-order valence-electron chi connectivity index (χ0n) is 26.7. The topological polar surface area (TPSA) is 56.5 Å². The number of fused-ring (bicyclic) bond motifs is 6. The number of para-hydroxylation sites is 1. The largest absolute Gasteiger partial charge is 0.294 e. The second-order valence-corrected chi connectivity index (χ2v) is 13.3. The fourth-order valence-electron chi connectivity index (χ4n) is 6.95. The predicted octanol–water partition coefficient (Wildman–Crippen LogP) is 11.4. The molecule has 10 rings (SSSR count). The van der Waals surface area contributed by atoms with Crippen LogP contribution in [0.4, 0.5) is 0 Å². The molecule has 6 aromatic carbocycles. The highest BCUT2D eigenvalue weighted by atomic mass is 32.1. The minimum Gasteiger partial charge on any atom is -0.294 e. The van der Waals surface area contributed by atoms with Gasteiger partial charge >= 0.3 is 0 Å². The molecule has 6 heteroatoms. The van der Waals surface area contributed by atoms with E-state index < -0.39 is 0 Å². The van der Waals surface area contributed by atoms with E-state index in [1.165, 1.54) is 42.1 Å². The van der Waals surface area contributed by atoms with E-state index in [1.54, 1.807) is 0 Å². The van der Waals surface area contributed by atoms with Crippen LogP contribution in [0.2, 0.25) is 0 Å². The summed E-state index contributed by atoms with van der Waals surface area (Å²) in [5.41, 5.74) is 7.12. The van der Waals surface area contributed by atoms with Crippen LogP contribution < -0.4 is 0 Å². The average molecular weight is 658 g/mol. The van der Waals surface area contributed by atoms with Gasteiger partial charge in [0.1, 0.15) is 11.5 Å². The van der Waals surface area contributed by atoms with Gasteiger partial charge in [0.25, 0.3) is 0 Å². The third-order valence-corrected chi connectivity index (χ3v) is 10.5. The summed E-state index contributed by atoms with van der Waals surface area (Å²) in [6.07, 6.45) is 0. The van der Waals surface area contributed by atoms with Gasteiger partial charge in [-0.3, -0.25) is 4.57 Å². The van der Waals surface area contributed by atoms with E-state index >= 15 is 0 Å². The van der Waals surface area contributed by atoms with Gasteiger partial charge < -0.3 is 0 Å². The van der Waals surface area contributed by atoms with Crippen LogP contribution in [-0.4, -0.2) is 24.5 Å². The zero-order valence-corrected chi connectivity index (χ0v) is 27.5. The lowest BCUT2D eigenvalue weighted by molar-refractivity contribution is 1.03. The quantitative estimate of drug-likeness (QED) is 0.185. The molecule has 4 heterocycles. The first-order valence-electron chi connectivity index (χ1n) is 16.6. The molecule has 0 unspecified atom stereocenters. The van der Waals surface area contributed by atoms with Crippen molar-refractivity contribution in [3.05, 3.63) is 164 Å². The number of benzene rings is 6. The molecule has 0 saturated carbocycles. The van der Waals surface area contributed by atoms with Crippen LogP contribution >= 0.6 is 11.3 Å². The molecule has 0 radical (unpaired) electrons. The molecular weight excluding hydrogens is 631 g/mol. The average Bonchev–Trinajstić information content (AvgIpc) is 3.74. The van der Waals surface area contributed by atoms with E-state index in [-0.39, 0.29) is 0 Å². The van der Waals surface area contributed by atoms with Crippen LogP contribution in [0.3, 0.4) is 0 Å². The highest BCUT2D eigenvalue weighted by Gasteiger charge is 2.18. The Hall–Kier alpha value is -6.50. The Bertz CT molecular complexity index is 2820. The van der Waals surface area contributed by atoms with Crippen molar-refractivity contribution in [2.24, 2.45) is 0 Å². The lowest BCUT2D eigenvalue weighted by Gasteiger charge is -2.11. The number of thiophene rings is 1. The Morgan fingerprint density at radius 1 is 0.400 bits per heavy atom. The lowest BCUT2D eigenvalue weighted by Crippen LogP contribution is -2.03. The first-order chi connectivity index (χ1) is 24.8. The molecule has 0 aliphatic carbocycles. The van der Waals surface area contributed by atoms with Crippen LogP contribution in [0.25, 0.3) is 93.2 Å². The van der Waals surface area contributed by atoms with E-state index in [0.29, 0.717) is 23.2 Å². The summed E-state index contributed by atoms with van der Waals surface area (Å²) >= 11 is 1.85. The molecule has 0 atom stereocenters. The van der Waals surface area contributed by atoms with Gasteiger partial charge in [0, 0.05) is 42.1 Å². The predicted molar refractivity (Wildman–Crippen MR) is 207 cm³/mol. The van der Waals surface area contributed by atoms with Crippen LogP contribution in [0.5, 0.6) is 0 Å². The molecule has 0 amide bonds. The SMILES string of the molecule is c1ccc(-c2nc(-c3ccccc3)nc(-c3cccc(-n4c5ccccc5c5ccc(-c6cccc7c6sc6ccccc67)cc54)n3)n2)cc1. The summed E-state index contributed by atoms with van der Waals surface area (Å²) in [4.78, 5) is 20.0. The molecule has 0 saturated heterocycles. The Balaban J connectivity index is 1.17. The molecule has 0 fully saturated rings. The Morgan fingerprint density at radius 3 is 1.80 bits per heavy atom. The first kappa shape index (κ1) is 28.5. The lowest BCUT2D eigenvalue weighted by atomic mass is 10.0. The van der Waals surface area contributed by atoms with E-state index in [2.05, 4.69) is 95.6 Å². The van der Waals surface area contributed by atoms with Gasteiger partial charge in [0.15, 0.2) is 17.5 Å². The number of aromatic nitrogens is 5. The third kappa shape index (κ3) is 4.69. The van der Waals surface area contributed by atoms with Crippen molar-refractivity contribution in [2.45, 2.75) is 0 Å². The molecule has 0 spiro atoms. The number of hydrogen-bond donors (Lipinski definition) is 0. The van der Waals surface area contributed by atoms with E-state index in [4.69, 9.17) is 19.9 Å². The smallest absolute Gasteiger partial charge is 0.182 e. The Labute approximate surface area is 291 Å². The van der Waals surface area contributed by atoms with Gasteiger partial charge in [-0.25, -0.2) is 19.9 Å². The van der Waals surface area contributed by atoms with Crippen molar-refractivity contribution in [1.29, 1.82) is 0 Å². The summed E-state index contributed by atoms with van der Waals surface area (Å²) in [7, 11) is 0. The van der Waals surface area contributed by atoms with Crippen LogP contribution in [0.1, 0.15) is 0 Å². The second kappa shape index (κ2) is 11.6. The maximum Gasteiger partial charge on any atom is 0.182 e. The molecular formula is C44H27N5S. The molecule has 234 valence electrons. The number of rotatable bonds is 5. The standard InChI is InChI=1S/C44H27N5S/c1-3-13-28(14-4-1)42-46-43(29-15-5-2-6-16-29)48-44(47-42)36-21-12-24-40(45-36)49-37-22-9-7-17-32(37)33-26-25-30(27-38(33)49)31-19-11-20-35-34-18-8-10-23-39(34)50-41(31)35/h1-27H. The molecule has 5 nitrogen and oxygen atoms in total. The van der Waals surface area contributed by atoms with Gasteiger partial charge in [-0.2, -0.15) is 0 Å². The first-order valence-corrected chi connectivity index (χ1v) is 17.4. The van der Waals surface area contributed by atoms with Crippen LogP contribution in [0, 0.1) is 0 Å². The molecule has 0 bridgehead atoms. The van der Waals surface area contributed by atoms with Crippen molar-refractivity contribution < 1.29 is 0 Å². The minimum absolute atomic E-state index is 0.525. The molecule has 0 N–H and O–H groups in total. The molecule has 10 aromatic rings. The summed E-state index contributed by atoms with van der Waals surface area (Å²) in [6, 6.07) is 56.8. The Morgan fingerprint density at radius 2 is 1.02 bits per heavy atom. The highest BCUT2D eigenvalue weighted by molar-refractivity contribution is 7.26. The molecule has 50 heavy (non-hydrogen) atoms. The summed E-state index contributed by atoms with van der Waals surface area (Å²) in [6.45, 7) is 0. The second-order valence-electron chi connectivity index (χ2n) is 12.3. The van der Waals surface area contributed by atoms with E-state index in [1.807, 2.05) is 84.1 Å². The zero-order chi connectivity index (χ0) is 33.0. The summed E-state index contributed by atoms with van der Waals surface area (Å²) < 4.78 is 4.87. The maximum atomic E-state index is 5.25. The van der Waals surface area contributed by atoms with Crippen molar-refractivity contribution >= 4 is 53.3 Å². The third-order valence-electron chi connectivity index (χ3n) is 9.28. The fourth-order valence-corrected chi connectivity index (χ4v) is 8.19. The van der Waals surface area contributed by atoms with Gasteiger partial charge in [-0.15, -0.1) is 11.3 Å². The molecule has 4 aromatic heterocycles. The molecule has 0 aliphatic rings. The number of nitrogens with zero attached hydrogens (tertiary/aromatic N) is 5. The highest BCUT2D eigenvalue weighted by Crippen LogP contribution is 2.41. The van der Waals surface area contributed by atoms with Crippen molar-refractivity contribution in [2.75, 3.05) is 0 Å². The monoisotopic (exact) mass is 657 g/mol. The van der Waals surface area contributed by atoms with Crippen molar-refractivity contribution in [3.8, 4) is 51.2 Å². The van der Waals surface area contributed by atoms with Crippen molar-refractivity contribution in [1.82, 2.24) is 24.5 Å². The summed E-state index contributed by atoms with van der Waals surface area (Å²) in [5.74, 6) is 2.54. The number of pyridine rings is 1. The van der Waals surface area contributed by atoms with Crippen LogP contribution in [-0.2, 0) is 0 Å². The number of hydrogen-bond acceptors (Lipinski definition) is 5. The van der Waals surface area contributed by atoms with Gasteiger partial charge in [0.05, 0.1) is 11.0 Å². The normalized spacial score (nSPS) is 11.6. The maximum absolute atomic E-state index is 5.25. The van der Waals surface area contributed by atoms with Gasteiger partial charge in [0.2, 0.25) is 0 Å². The van der Waals surface area contributed by atoms with Crippen LogP contribution in [0.15, 0.2) is 164 Å². The van der Waals surface area contributed by atoms with E-state index in [0.717, 1.165) is 28.0 Å². The van der Waals surface area contributed by atoms with Gasteiger partial charge in [-0.1, -0.05) is 133 Å². The molecule has 0 aliphatic heterocycles. The summed E-state index contributed by atoms with van der Waals surface area (Å²) in [5, 5.41) is 4.95. The van der Waals surface area contributed by atoms with Crippen molar-refractivity contribution in [3.63, 3.8) is 0 Å². The van der Waals surface area contributed by atoms with E-state index in [9.17, 15) is 0 Å². The van der Waals surface area contributed by atoms with Gasteiger partial charge in [-0.05, 0) is 41.5 Å². The fraction of sp³-hybridized carbons (Fsp3) is 0.